The molecule has 6 nitrogen and oxygen atoms in total. The number of hydrogen-bond acceptors (Lipinski definition) is 4. The number of aryl methyl sites for hydroxylation is 1. The van der Waals surface area contributed by atoms with Gasteiger partial charge in [-0.3, -0.25) is 9.59 Å². The molecule has 0 bridgehead atoms. The Morgan fingerprint density at radius 2 is 1.89 bits per heavy atom. The van der Waals surface area contributed by atoms with Crippen LogP contribution in [-0.2, 0) is 14.3 Å². The third-order valence-corrected chi connectivity index (χ3v) is 2.65. The molecule has 6 heteroatoms. The molecule has 1 N–H and O–H groups in total. The largest absolute Gasteiger partial charge is 0.478 e. The zero-order valence-corrected chi connectivity index (χ0v) is 9.67. The smallest absolute Gasteiger partial charge is 0.335 e. The summed E-state index contributed by atoms with van der Waals surface area (Å²) in [6.07, 6.45) is 0. The molecule has 0 atom stereocenters. The Morgan fingerprint density at radius 1 is 1.28 bits per heavy atom. The van der Waals surface area contributed by atoms with Crippen LogP contribution in [-0.4, -0.2) is 36.1 Å². The predicted molar refractivity (Wildman–Crippen MR) is 61.5 cm³/mol. The van der Waals surface area contributed by atoms with Gasteiger partial charge >= 0.3 is 5.97 Å². The van der Waals surface area contributed by atoms with Gasteiger partial charge in [-0.15, -0.1) is 0 Å². The summed E-state index contributed by atoms with van der Waals surface area (Å²) in [5.41, 5.74) is 1.01. The maximum Gasteiger partial charge on any atom is 0.335 e. The van der Waals surface area contributed by atoms with E-state index in [2.05, 4.69) is 0 Å². The number of imide groups is 1. The normalized spacial score (nSPS) is 15.9. The highest BCUT2D eigenvalue weighted by atomic mass is 16.5. The van der Waals surface area contributed by atoms with Gasteiger partial charge in [0.25, 0.3) is 11.8 Å². The maximum atomic E-state index is 11.6. The van der Waals surface area contributed by atoms with E-state index in [1.165, 1.54) is 18.2 Å². The molecule has 1 aliphatic heterocycles. The molecule has 1 aliphatic rings. The number of morpholine rings is 1. The monoisotopic (exact) mass is 249 g/mol. The summed E-state index contributed by atoms with van der Waals surface area (Å²) >= 11 is 0. The molecule has 0 spiro atoms. The summed E-state index contributed by atoms with van der Waals surface area (Å²) in [7, 11) is 0. The molecule has 0 aromatic heterocycles. The van der Waals surface area contributed by atoms with E-state index in [1.807, 2.05) is 0 Å². The second-order valence-electron chi connectivity index (χ2n) is 3.92. The van der Waals surface area contributed by atoms with Gasteiger partial charge in [0.1, 0.15) is 13.2 Å². The molecule has 94 valence electrons. The van der Waals surface area contributed by atoms with Crippen molar-refractivity contribution in [2.45, 2.75) is 6.92 Å². The van der Waals surface area contributed by atoms with E-state index in [0.29, 0.717) is 11.3 Å². The number of carbonyl (C=O) groups is 3. The van der Waals surface area contributed by atoms with Crippen molar-refractivity contribution in [3.63, 3.8) is 0 Å². The Labute approximate surface area is 103 Å². The van der Waals surface area contributed by atoms with Crippen molar-refractivity contribution in [2.75, 3.05) is 18.1 Å². The van der Waals surface area contributed by atoms with Gasteiger partial charge in [-0.1, -0.05) is 0 Å². The van der Waals surface area contributed by atoms with Crippen LogP contribution in [0.15, 0.2) is 18.2 Å². The van der Waals surface area contributed by atoms with Crippen molar-refractivity contribution in [2.24, 2.45) is 0 Å². The molecule has 1 saturated heterocycles. The number of benzene rings is 1. The molecule has 18 heavy (non-hydrogen) atoms. The number of rotatable bonds is 2. The third-order valence-electron chi connectivity index (χ3n) is 2.65. The minimum Gasteiger partial charge on any atom is -0.478 e. The van der Waals surface area contributed by atoms with Gasteiger partial charge < -0.3 is 9.84 Å². The summed E-state index contributed by atoms with van der Waals surface area (Å²) in [5.74, 6) is -1.94. The zero-order chi connectivity index (χ0) is 13.3. The molecule has 0 aliphatic carbocycles. The number of carbonyl (C=O) groups excluding carboxylic acids is 2. The zero-order valence-electron chi connectivity index (χ0n) is 9.67. The number of hydrogen-bond donors (Lipinski definition) is 1. The summed E-state index contributed by atoms with van der Waals surface area (Å²) < 4.78 is 4.80. The number of amides is 2. The Balaban J connectivity index is 2.39. The second-order valence-corrected chi connectivity index (χ2v) is 3.92. The van der Waals surface area contributed by atoms with E-state index >= 15 is 0 Å². The van der Waals surface area contributed by atoms with Crippen LogP contribution < -0.4 is 4.90 Å². The lowest BCUT2D eigenvalue weighted by Gasteiger charge is -2.25. The van der Waals surface area contributed by atoms with Crippen molar-refractivity contribution in [1.82, 2.24) is 0 Å². The average molecular weight is 249 g/mol. The van der Waals surface area contributed by atoms with Crippen LogP contribution in [0, 0.1) is 6.92 Å². The molecular weight excluding hydrogens is 238 g/mol. The number of ether oxygens (including phenoxy) is 1. The molecule has 0 saturated carbocycles. The molecular formula is C12H11NO5. The number of carboxylic acid groups (broad SMARTS) is 1. The van der Waals surface area contributed by atoms with Gasteiger partial charge in [-0.05, 0) is 30.7 Å². The van der Waals surface area contributed by atoms with Crippen LogP contribution in [0.25, 0.3) is 0 Å². The van der Waals surface area contributed by atoms with E-state index in [4.69, 9.17) is 9.84 Å². The Hall–Kier alpha value is -2.21. The fourth-order valence-electron chi connectivity index (χ4n) is 1.81. The fraction of sp³-hybridized carbons (Fsp3) is 0.250. The van der Waals surface area contributed by atoms with Crippen molar-refractivity contribution >= 4 is 23.5 Å². The maximum absolute atomic E-state index is 11.6. The highest BCUT2D eigenvalue weighted by Gasteiger charge is 2.28. The topological polar surface area (TPSA) is 83.9 Å². The molecule has 1 aromatic carbocycles. The van der Waals surface area contributed by atoms with Gasteiger partial charge in [0.2, 0.25) is 0 Å². The molecule has 2 rings (SSSR count). The number of anilines is 1. The van der Waals surface area contributed by atoms with E-state index in [0.717, 1.165) is 4.90 Å². The van der Waals surface area contributed by atoms with Crippen LogP contribution in [0.3, 0.4) is 0 Å². The predicted octanol–water partition coefficient (Wildman–Crippen LogP) is 0.583. The van der Waals surface area contributed by atoms with Crippen molar-refractivity contribution in [1.29, 1.82) is 0 Å². The van der Waals surface area contributed by atoms with E-state index in [1.54, 1.807) is 6.92 Å². The molecule has 1 heterocycles. The van der Waals surface area contributed by atoms with Gasteiger partial charge in [0.05, 0.1) is 11.3 Å². The lowest BCUT2D eigenvalue weighted by atomic mass is 10.1. The van der Waals surface area contributed by atoms with Gasteiger partial charge in [-0.25, -0.2) is 9.69 Å². The summed E-state index contributed by atoms with van der Waals surface area (Å²) in [5, 5.41) is 8.90. The van der Waals surface area contributed by atoms with Gasteiger partial charge in [0, 0.05) is 0 Å². The van der Waals surface area contributed by atoms with Crippen molar-refractivity contribution < 1.29 is 24.2 Å². The molecule has 2 amide bonds. The standard InChI is InChI=1S/C12H11NO5/c1-7-4-8(2-3-9(7)12(16)17)13-10(14)5-18-6-11(13)15/h2-4H,5-6H2,1H3,(H,16,17). The third kappa shape index (κ3) is 2.10. The van der Waals surface area contributed by atoms with Gasteiger partial charge in [0.15, 0.2) is 0 Å². The lowest BCUT2D eigenvalue weighted by molar-refractivity contribution is -0.138. The quantitative estimate of drug-likeness (QED) is 0.775. The molecule has 0 unspecified atom stereocenters. The van der Waals surface area contributed by atoms with Crippen LogP contribution in [0.2, 0.25) is 0 Å². The van der Waals surface area contributed by atoms with Crippen LogP contribution in [0.5, 0.6) is 0 Å². The van der Waals surface area contributed by atoms with E-state index in [-0.39, 0.29) is 18.8 Å². The van der Waals surface area contributed by atoms with Crippen LogP contribution >= 0.6 is 0 Å². The summed E-state index contributed by atoms with van der Waals surface area (Å²) in [6, 6.07) is 4.32. The minimum atomic E-state index is -1.04. The van der Waals surface area contributed by atoms with Crippen molar-refractivity contribution in [3.8, 4) is 0 Å². The molecule has 1 fully saturated rings. The highest BCUT2D eigenvalue weighted by Crippen LogP contribution is 2.21. The first-order chi connectivity index (χ1) is 8.50. The Kier molecular flexibility index (Phi) is 3.12. The first-order valence-electron chi connectivity index (χ1n) is 5.28. The van der Waals surface area contributed by atoms with Crippen LogP contribution in [0.1, 0.15) is 15.9 Å². The number of nitrogens with zero attached hydrogens (tertiary/aromatic N) is 1. The first-order valence-corrected chi connectivity index (χ1v) is 5.28. The van der Waals surface area contributed by atoms with Crippen molar-refractivity contribution in [3.05, 3.63) is 29.3 Å². The second kappa shape index (κ2) is 4.58. The van der Waals surface area contributed by atoms with Gasteiger partial charge in [-0.2, -0.15) is 0 Å². The number of aromatic carboxylic acids is 1. The summed E-state index contributed by atoms with van der Waals surface area (Å²) in [6.45, 7) is 1.32. The lowest BCUT2D eigenvalue weighted by Crippen LogP contribution is -2.46. The SMILES string of the molecule is Cc1cc(N2C(=O)COCC2=O)ccc1C(=O)O. The average Bonchev–Trinajstić information content (AvgIpc) is 2.28. The summed E-state index contributed by atoms with van der Waals surface area (Å²) in [4.78, 5) is 35.1. The Morgan fingerprint density at radius 3 is 2.39 bits per heavy atom. The van der Waals surface area contributed by atoms with E-state index in [9.17, 15) is 14.4 Å². The highest BCUT2D eigenvalue weighted by molar-refractivity contribution is 6.17. The Bertz CT molecular complexity index is 521. The first kappa shape index (κ1) is 12.3. The minimum absolute atomic E-state index is 0.145. The van der Waals surface area contributed by atoms with Crippen LogP contribution in [0.4, 0.5) is 5.69 Å². The molecule has 1 aromatic rings. The fourth-order valence-corrected chi connectivity index (χ4v) is 1.81. The van der Waals surface area contributed by atoms with E-state index < -0.39 is 17.8 Å². The number of carboxylic acids is 1. The molecule has 0 radical (unpaired) electrons.